The Hall–Kier alpha value is -1.52. The molecule has 5 heteroatoms. The Morgan fingerprint density at radius 1 is 1.58 bits per heavy atom. The molecular formula is C14H21N3O2. The topological polar surface area (TPSA) is 58.2 Å². The first-order valence-corrected chi connectivity index (χ1v) is 6.92. The Labute approximate surface area is 113 Å². The maximum atomic E-state index is 12.3. The van der Waals surface area contributed by atoms with E-state index in [-0.39, 0.29) is 11.6 Å². The number of aromatic nitrogens is 2. The molecule has 3 rings (SSSR count). The Morgan fingerprint density at radius 2 is 2.37 bits per heavy atom. The number of likely N-dealkylation sites (tertiary alicyclic amines) is 1. The predicted octanol–water partition coefficient (Wildman–Crippen LogP) is 2.67. The van der Waals surface area contributed by atoms with Gasteiger partial charge in [0.05, 0.1) is 5.54 Å². The van der Waals surface area contributed by atoms with Crippen molar-refractivity contribution in [2.75, 3.05) is 6.54 Å². The van der Waals surface area contributed by atoms with Crippen molar-refractivity contribution in [3.8, 4) is 0 Å². The molecule has 1 aromatic heterocycles. The lowest BCUT2D eigenvalue weighted by Crippen LogP contribution is -2.42. The maximum Gasteiger partial charge on any atom is 0.410 e. The van der Waals surface area contributed by atoms with Gasteiger partial charge in [-0.15, -0.1) is 0 Å². The lowest BCUT2D eigenvalue weighted by atomic mass is 10.1. The highest BCUT2D eigenvalue weighted by atomic mass is 16.6. The number of hydrogen-bond donors (Lipinski definition) is 1. The zero-order valence-corrected chi connectivity index (χ0v) is 11.8. The summed E-state index contributed by atoms with van der Waals surface area (Å²) in [7, 11) is 0. The van der Waals surface area contributed by atoms with Crippen LogP contribution in [0.1, 0.15) is 51.8 Å². The van der Waals surface area contributed by atoms with Gasteiger partial charge < -0.3 is 14.6 Å². The van der Waals surface area contributed by atoms with Gasteiger partial charge in [-0.3, -0.25) is 0 Å². The standard InChI is InChI=1S/C14H21N3O2/c1-13(2,3)19-12(18)17-8-4-5-14(17)9-10(14)11-15-6-7-16-11/h6-7,10H,4-5,8-9H2,1-3H3,(H,15,16)/t10?,14-/m0/s1. The summed E-state index contributed by atoms with van der Waals surface area (Å²) in [6.45, 7) is 6.52. The predicted molar refractivity (Wildman–Crippen MR) is 70.9 cm³/mol. The van der Waals surface area contributed by atoms with Gasteiger partial charge in [0.25, 0.3) is 0 Å². The van der Waals surface area contributed by atoms with Crippen molar-refractivity contribution >= 4 is 6.09 Å². The second kappa shape index (κ2) is 3.99. The number of nitrogens with one attached hydrogen (secondary N) is 1. The summed E-state index contributed by atoms with van der Waals surface area (Å²) >= 11 is 0. The monoisotopic (exact) mass is 263 g/mol. The Balaban J connectivity index is 1.75. The van der Waals surface area contributed by atoms with Crippen LogP contribution >= 0.6 is 0 Å². The highest BCUT2D eigenvalue weighted by Crippen LogP contribution is 2.60. The molecule has 2 fully saturated rings. The van der Waals surface area contributed by atoms with Gasteiger partial charge in [-0.1, -0.05) is 0 Å². The summed E-state index contributed by atoms with van der Waals surface area (Å²) in [4.78, 5) is 21.7. The zero-order valence-electron chi connectivity index (χ0n) is 11.8. The number of carbonyl (C=O) groups excluding carboxylic acids is 1. The zero-order chi connectivity index (χ0) is 13.7. The number of nitrogens with zero attached hydrogens (tertiary/aromatic N) is 2. The first kappa shape index (κ1) is 12.5. The fourth-order valence-corrected chi connectivity index (χ4v) is 3.18. The van der Waals surface area contributed by atoms with Gasteiger partial charge in [-0.25, -0.2) is 9.78 Å². The van der Waals surface area contributed by atoms with Crippen molar-refractivity contribution in [2.24, 2.45) is 0 Å². The van der Waals surface area contributed by atoms with Gasteiger partial charge in [0.2, 0.25) is 0 Å². The summed E-state index contributed by atoms with van der Waals surface area (Å²) in [6.07, 6.45) is 6.54. The van der Waals surface area contributed by atoms with Crippen molar-refractivity contribution in [1.29, 1.82) is 0 Å². The minimum atomic E-state index is -0.435. The largest absolute Gasteiger partial charge is 0.444 e. The number of carbonyl (C=O) groups is 1. The summed E-state index contributed by atoms with van der Waals surface area (Å²) in [5, 5.41) is 0. The molecule has 2 atom stereocenters. The number of ether oxygens (including phenoxy) is 1. The quantitative estimate of drug-likeness (QED) is 0.847. The molecule has 5 nitrogen and oxygen atoms in total. The van der Waals surface area contributed by atoms with Gasteiger partial charge >= 0.3 is 6.09 Å². The van der Waals surface area contributed by atoms with E-state index in [2.05, 4.69) is 9.97 Å². The molecule has 2 heterocycles. The average molecular weight is 263 g/mol. The van der Waals surface area contributed by atoms with Crippen molar-refractivity contribution in [3.63, 3.8) is 0 Å². The molecular weight excluding hydrogens is 242 g/mol. The number of amides is 1. The molecule has 1 saturated heterocycles. The van der Waals surface area contributed by atoms with Gasteiger partial charge in [-0.2, -0.15) is 0 Å². The van der Waals surface area contributed by atoms with Gasteiger partial charge in [-0.05, 0) is 40.0 Å². The molecule has 0 aromatic carbocycles. The Morgan fingerprint density at radius 3 is 3.00 bits per heavy atom. The van der Waals surface area contributed by atoms with Crippen LogP contribution in [0.3, 0.4) is 0 Å². The lowest BCUT2D eigenvalue weighted by molar-refractivity contribution is 0.0197. The molecule has 0 bridgehead atoms. The molecule has 104 valence electrons. The third-order valence-corrected chi connectivity index (χ3v) is 4.04. The summed E-state index contributed by atoms with van der Waals surface area (Å²) in [5.41, 5.74) is -0.476. The average Bonchev–Trinajstić information content (AvgIpc) is 2.70. The summed E-state index contributed by atoms with van der Waals surface area (Å²) < 4.78 is 5.52. The molecule has 19 heavy (non-hydrogen) atoms. The van der Waals surface area contributed by atoms with Crippen molar-refractivity contribution in [1.82, 2.24) is 14.9 Å². The number of rotatable bonds is 1. The number of H-pyrrole nitrogens is 1. The van der Waals surface area contributed by atoms with E-state index in [1.165, 1.54) is 0 Å². The second-order valence-electron chi connectivity index (χ2n) is 6.57. The normalized spacial score (nSPS) is 29.8. The molecule has 0 radical (unpaired) electrons. The fourth-order valence-electron chi connectivity index (χ4n) is 3.18. The van der Waals surface area contributed by atoms with Crippen LogP contribution in [0.25, 0.3) is 0 Å². The highest BCUT2D eigenvalue weighted by Gasteiger charge is 2.63. The van der Waals surface area contributed by atoms with Crippen LogP contribution in [-0.4, -0.2) is 38.6 Å². The SMILES string of the molecule is CC(C)(C)OC(=O)N1CCC[C@@]12CC2c1ncc[nH]1. The molecule has 2 aliphatic rings. The maximum absolute atomic E-state index is 12.3. The molecule has 1 saturated carbocycles. The minimum absolute atomic E-state index is 0.0415. The van der Waals surface area contributed by atoms with E-state index in [1.807, 2.05) is 31.9 Å². The van der Waals surface area contributed by atoms with E-state index in [1.54, 1.807) is 6.20 Å². The third-order valence-electron chi connectivity index (χ3n) is 4.04. The van der Waals surface area contributed by atoms with E-state index >= 15 is 0 Å². The van der Waals surface area contributed by atoms with Crippen LogP contribution in [0.4, 0.5) is 4.79 Å². The molecule has 1 aliphatic heterocycles. The highest BCUT2D eigenvalue weighted by molar-refractivity contribution is 5.71. The van der Waals surface area contributed by atoms with Crippen LogP contribution in [0, 0.1) is 0 Å². The molecule has 1 aromatic rings. The number of imidazole rings is 1. The lowest BCUT2D eigenvalue weighted by Gasteiger charge is -2.29. The fraction of sp³-hybridized carbons (Fsp3) is 0.714. The van der Waals surface area contributed by atoms with Crippen molar-refractivity contribution in [2.45, 2.75) is 57.1 Å². The molecule has 1 unspecified atom stereocenters. The summed E-state index contributed by atoms with van der Waals surface area (Å²) in [5.74, 6) is 1.34. The molecule has 1 spiro atoms. The van der Waals surface area contributed by atoms with Gasteiger partial charge in [0, 0.05) is 24.9 Å². The number of hydrogen-bond acceptors (Lipinski definition) is 3. The van der Waals surface area contributed by atoms with Crippen LogP contribution in [0.5, 0.6) is 0 Å². The van der Waals surface area contributed by atoms with Gasteiger partial charge in [0.15, 0.2) is 0 Å². The van der Waals surface area contributed by atoms with E-state index < -0.39 is 5.60 Å². The van der Waals surface area contributed by atoms with E-state index in [4.69, 9.17) is 4.74 Å². The van der Waals surface area contributed by atoms with Crippen molar-refractivity contribution in [3.05, 3.63) is 18.2 Å². The minimum Gasteiger partial charge on any atom is -0.444 e. The van der Waals surface area contributed by atoms with E-state index in [0.717, 1.165) is 31.6 Å². The van der Waals surface area contributed by atoms with Crippen LogP contribution < -0.4 is 0 Å². The number of aromatic amines is 1. The van der Waals surface area contributed by atoms with E-state index in [0.29, 0.717) is 5.92 Å². The van der Waals surface area contributed by atoms with Crippen LogP contribution in [-0.2, 0) is 4.74 Å². The van der Waals surface area contributed by atoms with Crippen LogP contribution in [0.2, 0.25) is 0 Å². The second-order valence-corrected chi connectivity index (χ2v) is 6.57. The molecule has 1 aliphatic carbocycles. The Kier molecular flexibility index (Phi) is 2.62. The van der Waals surface area contributed by atoms with Crippen LogP contribution in [0.15, 0.2) is 12.4 Å². The Bertz CT molecular complexity index is 477. The first-order valence-electron chi connectivity index (χ1n) is 6.92. The molecule has 1 N–H and O–H groups in total. The first-order chi connectivity index (χ1) is 8.92. The molecule has 1 amide bonds. The van der Waals surface area contributed by atoms with Crippen molar-refractivity contribution < 1.29 is 9.53 Å². The van der Waals surface area contributed by atoms with E-state index in [9.17, 15) is 4.79 Å². The smallest absolute Gasteiger partial charge is 0.410 e. The third kappa shape index (κ3) is 2.11. The summed E-state index contributed by atoms with van der Waals surface area (Å²) in [6, 6.07) is 0. The van der Waals surface area contributed by atoms with Gasteiger partial charge in [0.1, 0.15) is 11.4 Å².